The maximum atomic E-state index is 13.9. The van der Waals surface area contributed by atoms with Gasteiger partial charge in [0.25, 0.3) is 17.7 Å². The first-order chi connectivity index (χ1) is 35.4. The number of hydrogen-bond donors (Lipinski definition) is 8. The molecule has 10 amide bonds. The smallest absolute Gasteiger partial charge is 0.312 e. The van der Waals surface area contributed by atoms with Crippen LogP contribution in [0.5, 0.6) is 0 Å². The normalized spacial score (nSPS) is 14.3. The maximum Gasteiger partial charge on any atom is 0.312 e. The average Bonchev–Trinajstić information content (AvgIpc) is 3.65. The number of ether oxygens (including phenoxy) is 1. The van der Waals surface area contributed by atoms with Crippen LogP contribution in [0.25, 0.3) is 0 Å². The molecular formula is C55H82N10O10S. The van der Waals surface area contributed by atoms with Crippen molar-refractivity contribution in [2.24, 2.45) is 22.0 Å². The van der Waals surface area contributed by atoms with E-state index < -0.39 is 70.1 Å². The fraction of sp³-hybridized carbons (Fsp3) is 0.545. The molecule has 9 N–H and O–H groups in total. The summed E-state index contributed by atoms with van der Waals surface area (Å²) in [5, 5.41) is 16.8. The molecule has 0 radical (unpaired) electrons. The number of primary amides is 1. The molecule has 2 aromatic carbocycles. The highest BCUT2D eigenvalue weighted by molar-refractivity contribution is 7.98. The van der Waals surface area contributed by atoms with Crippen LogP contribution >= 0.6 is 11.9 Å². The Hall–Kier alpha value is -6.58. The Bertz CT molecular complexity index is 2450. The van der Waals surface area contributed by atoms with Gasteiger partial charge in [0.2, 0.25) is 29.5 Å². The Morgan fingerprint density at radius 1 is 0.816 bits per heavy atom. The van der Waals surface area contributed by atoms with Crippen LogP contribution in [0.15, 0.2) is 77.2 Å². The van der Waals surface area contributed by atoms with E-state index in [1.54, 1.807) is 39.2 Å². The van der Waals surface area contributed by atoms with Gasteiger partial charge in [-0.25, -0.2) is 4.79 Å². The topological polar surface area (TPSA) is 280 Å². The molecule has 3 atom stereocenters. The minimum absolute atomic E-state index is 0.0131. The van der Waals surface area contributed by atoms with Crippen LogP contribution in [-0.4, -0.2) is 135 Å². The van der Waals surface area contributed by atoms with E-state index in [0.29, 0.717) is 22.6 Å². The molecule has 2 aromatic rings. The van der Waals surface area contributed by atoms with E-state index in [9.17, 15) is 43.2 Å². The summed E-state index contributed by atoms with van der Waals surface area (Å²) >= 11 is 1.07. The summed E-state index contributed by atoms with van der Waals surface area (Å²) in [7, 11) is 3.34. The van der Waals surface area contributed by atoms with Crippen molar-refractivity contribution in [2.75, 3.05) is 58.8 Å². The largest absolute Gasteiger partial charge is 0.380 e. The second-order valence-corrected chi connectivity index (χ2v) is 23.2. The first kappa shape index (κ1) is 63.7. The highest BCUT2D eigenvalue weighted by atomic mass is 32.2. The minimum atomic E-state index is -1.06. The van der Waals surface area contributed by atoms with Crippen LogP contribution in [0.1, 0.15) is 107 Å². The second-order valence-electron chi connectivity index (χ2n) is 22.3. The molecule has 1 aliphatic heterocycles. The Morgan fingerprint density at radius 3 is 2.04 bits per heavy atom. The molecule has 0 spiro atoms. The lowest BCUT2D eigenvalue weighted by molar-refractivity contribution is -0.139. The number of carbonyl (C=O) groups excluding carboxylic acids is 9. The van der Waals surface area contributed by atoms with Crippen LogP contribution in [-0.2, 0) is 54.9 Å². The standard InChI is InChI=1S/C55H82N10O10S/c1-14-36-29-38(76-63-47(70)35(2)26-28-64(13)50(73)46(52(3,4)5)62-49(72)45(57-12)55(10,11)37-19-16-15-17-20-37)22-23-39(36)61-48(71)40(21-18-27-58-51(56)74)60-42(67)31-59-41(66)30-53(6,7)33-75-34-54(8,9)32-65-43(68)24-25-44(65)69/h15-17,19-20,22-26,29,40,45-46,57H,14,18,21,27-28,30-34H2,1-13H3,(H,59,66)(H,60,67)(H,61,71)(H,62,72)(H,63,70)(H3,56,58,74)/b35-26+. The molecule has 0 aromatic heterocycles. The molecule has 0 aliphatic carbocycles. The van der Waals surface area contributed by atoms with Gasteiger partial charge in [-0.2, -0.15) is 0 Å². The molecule has 1 aliphatic rings. The number of rotatable bonds is 29. The molecule has 0 saturated carbocycles. The minimum Gasteiger partial charge on any atom is -0.380 e. The molecule has 0 fully saturated rings. The van der Waals surface area contributed by atoms with Crippen molar-refractivity contribution in [3.8, 4) is 0 Å². The zero-order chi connectivity index (χ0) is 57.2. The molecule has 1 heterocycles. The van der Waals surface area contributed by atoms with E-state index in [-0.39, 0.29) is 81.6 Å². The molecule has 0 saturated heterocycles. The zero-order valence-electron chi connectivity index (χ0n) is 46.6. The van der Waals surface area contributed by atoms with E-state index in [1.807, 2.05) is 106 Å². The zero-order valence-corrected chi connectivity index (χ0v) is 47.4. The van der Waals surface area contributed by atoms with Crippen molar-refractivity contribution in [1.29, 1.82) is 0 Å². The fourth-order valence-corrected chi connectivity index (χ4v) is 8.99. The highest BCUT2D eigenvalue weighted by Gasteiger charge is 2.41. The summed E-state index contributed by atoms with van der Waals surface area (Å²) in [6.45, 7) is 21.0. The van der Waals surface area contributed by atoms with Crippen molar-refractivity contribution >= 4 is 70.9 Å². The van der Waals surface area contributed by atoms with Gasteiger partial charge in [0.15, 0.2) is 0 Å². The van der Waals surface area contributed by atoms with Gasteiger partial charge in [-0.05, 0) is 85.3 Å². The van der Waals surface area contributed by atoms with Crippen LogP contribution < -0.4 is 42.4 Å². The van der Waals surface area contributed by atoms with E-state index in [2.05, 4.69) is 36.6 Å². The quantitative estimate of drug-likeness (QED) is 0.0246. The molecule has 76 heavy (non-hydrogen) atoms. The summed E-state index contributed by atoms with van der Waals surface area (Å²) in [5.41, 5.74) is 5.35. The number of nitrogens with two attached hydrogens (primary N) is 1. The van der Waals surface area contributed by atoms with Crippen molar-refractivity contribution < 1.29 is 47.9 Å². The summed E-state index contributed by atoms with van der Waals surface area (Å²) in [4.78, 5) is 120. The van der Waals surface area contributed by atoms with Crippen LogP contribution in [0, 0.1) is 16.2 Å². The van der Waals surface area contributed by atoms with Crippen LogP contribution in [0.2, 0.25) is 0 Å². The van der Waals surface area contributed by atoms with Gasteiger partial charge in [-0.15, -0.1) is 0 Å². The predicted molar refractivity (Wildman–Crippen MR) is 294 cm³/mol. The second kappa shape index (κ2) is 28.5. The lowest BCUT2D eigenvalue weighted by Gasteiger charge is -2.38. The monoisotopic (exact) mass is 1070 g/mol. The van der Waals surface area contributed by atoms with Gasteiger partial charge >= 0.3 is 6.03 Å². The van der Waals surface area contributed by atoms with Crippen molar-refractivity contribution in [2.45, 2.75) is 130 Å². The van der Waals surface area contributed by atoms with Gasteiger partial charge in [0.1, 0.15) is 12.1 Å². The van der Waals surface area contributed by atoms with Gasteiger partial charge < -0.3 is 47.3 Å². The van der Waals surface area contributed by atoms with Crippen molar-refractivity contribution in [3.63, 3.8) is 0 Å². The van der Waals surface area contributed by atoms with Crippen molar-refractivity contribution in [3.05, 3.63) is 83.5 Å². The van der Waals surface area contributed by atoms with Gasteiger partial charge in [0.05, 0.1) is 25.8 Å². The lowest BCUT2D eigenvalue weighted by atomic mass is 9.76. The van der Waals surface area contributed by atoms with Gasteiger partial charge in [-0.1, -0.05) is 106 Å². The van der Waals surface area contributed by atoms with Gasteiger partial charge in [0, 0.05) is 72.2 Å². The number of anilines is 1. The number of imide groups is 1. The third-order valence-corrected chi connectivity index (χ3v) is 13.5. The Kier molecular flexibility index (Phi) is 23.9. The predicted octanol–water partition coefficient (Wildman–Crippen LogP) is 4.25. The Morgan fingerprint density at radius 2 is 1.45 bits per heavy atom. The van der Waals surface area contributed by atoms with Gasteiger partial charge in [-0.3, -0.25) is 48.0 Å². The highest BCUT2D eigenvalue weighted by Crippen LogP contribution is 2.30. The van der Waals surface area contributed by atoms with E-state index in [4.69, 9.17) is 10.5 Å². The molecule has 3 rings (SSSR count). The number of likely N-dealkylation sites (N-methyl/N-ethyl adjacent to an activating group) is 2. The van der Waals surface area contributed by atoms with Crippen LogP contribution in [0.4, 0.5) is 10.5 Å². The maximum absolute atomic E-state index is 13.9. The van der Waals surface area contributed by atoms with Crippen molar-refractivity contribution in [1.82, 2.24) is 41.1 Å². The van der Waals surface area contributed by atoms with Crippen LogP contribution in [0.3, 0.4) is 0 Å². The summed E-state index contributed by atoms with van der Waals surface area (Å²) in [6.07, 6.45) is 5.03. The number of hydrogen-bond acceptors (Lipinski definition) is 12. The molecule has 0 bridgehead atoms. The Balaban J connectivity index is 1.58. The summed E-state index contributed by atoms with van der Waals surface area (Å²) in [5.74, 6) is -3.33. The SMILES string of the molecule is CCc1cc(SNC(=O)/C(C)=C/CN(C)C(=O)C(NC(=O)C(NC)C(C)(C)c2ccccc2)C(C)(C)C)ccc1NC(=O)C(CCCNC(N)=O)NC(=O)CNC(=O)CC(C)(C)COCC(C)(C)CN1C(=O)C=CC1=O. The number of amides is 10. The third-order valence-electron chi connectivity index (χ3n) is 12.8. The first-order valence-electron chi connectivity index (χ1n) is 25.5. The molecule has 3 unspecified atom stereocenters. The summed E-state index contributed by atoms with van der Waals surface area (Å²) in [6, 6.07) is 11.6. The number of carbonyl (C=O) groups is 9. The number of urea groups is 1. The number of benzene rings is 2. The first-order valence-corrected chi connectivity index (χ1v) is 26.3. The molecule has 418 valence electrons. The number of aryl methyl sites for hydroxylation is 1. The molecule has 21 heteroatoms. The number of nitrogens with one attached hydrogen (secondary N) is 7. The van der Waals surface area contributed by atoms with E-state index >= 15 is 0 Å². The summed E-state index contributed by atoms with van der Waals surface area (Å²) < 4.78 is 8.76. The number of nitrogens with zero attached hydrogens (tertiary/aromatic N) is 2. The average molecular weight is 1080 g/mol. The fourth-order valence-electron chi connectivity index (χ4n) is 8.28. The lowest BCUT2D eigenvalue weighted by Crippen LogP contribution is -2.60. The third kappa shape index (κ3) is 20.2. The molecule has 20 nitrogen and oxygen atoms in total. The Labute approximate surface area is 452 Å². The van der Waals surface area contributed by atoms with E-state index in [0.717, 1.165) is 28.0 Å². The van der Waals surface area contributed by atoms with E-state index in [1.165, 1.54) is 17.1 Å². The molecular weight excluding hydrogens is 993 g/mol.